The Bertz CT molecular complexity index is 265. The van der Waals surface area contributed by atoms with Gasteiger partial charge in [0, 0.05) is 0 Å². The normalized spacial score (nSPS) is 48.9. The van der Waals surface area contributed by atoms with E-state index in [1.54, 1.807) is 0 Å². The van der Waals surface area contributed by atoms with E-state index < -0.39 is 0 Å². The highest BCUT2D eigenvalue weighted by molar-refractivity contribution is 5.00. The Morgan fingerprint density at radius 2 is 1.60 bits per heavy atom. The van der Waals surface area contributed by atoms with Gasteiger partial charge >= 0.3 is 0 Å². The lowest BCUT2D eigenvalue weighted by Gasteiger charge is -2.54. The summed E-state index contributed by atoms with van der Waals surface area (Å²) in [5.74, 6) is 3.53. The summed E-state index contributed by atoms with van der Waals surface area (Å²) in [6.07, 6.45) is 7.16. The van der Waals surface area contributed by atoms with E-state index in [9.17, 15) is 0 Å². The third kappa shape index (κ3) is 1.58. The van der Waals surface area contributed by atoms with Crippen molar-refractivity contribution < 1.29 is 4.74 Å². The van der Waals surface area contributed by atoms with Crippen molar-refractivity contribution in [3.63, 3.8) is 0 Å². The average molecular weight is 205 g/mol. The van der Waals surface area contributed by atoms with Crippen molar-refractivity contribution >= 4 is 0 Å². The summed E-state index contributed by atoms with van der Waals surface area (Å²) in [5, 5.41) is 8.81. The van der Waals surface area contributed by atoms with Crippen LogP contribution in [0.5, 0.6) is 0 Å². The average Bonchev–Trinajstić information content (AvgIpc) is 2.22. The van der Waals surface area contributed by atoms with Crippen LogP contribution in [0.15, 0.2) is 0 Å². The van der Waals surface area contributed by atoms with Gasteiger partial charge in [-0.05, 0) is 62.7 Å². The Morgan fingerprint density at radius 1 is 1.07 bits per heavy atom. The van der Waals surface area contributed by atoms with Crippen molar-refractivity contribution in [1.29, 1.82) is 5.26 Å². The van der Waals surface area contributed by atoms with Gasteiger partial charge in [0.05, 0.1) is 12.2 Å². The first kappa shape index (κ1) is 9.66. The van der Waals surface area contributed by atoms with Gasteiger partial charge in [-0.1, -0.05) is 0 Å². The lowest BCUT2D eigenvalue weighted by Crippen LogP contribution is -2.50. The molecule has 4 rings (SSSR count). The molecule has 0 amide bonds. The molecule has 0 spiro atoms. The third-order valence-corrected chi connectivity index (χ3v) is 4.68. The maximum Gasteiger partial charge on any atom is 0.141 e. The van der Waals surface area contributed by atoms with E-state index in [1.165, 1.54) is 32.1 Å². The van der Waals surface area contributed by atoms with Crippen LogP contribution in [0.3, 0.4) is 0 Å². The smallest absolute Gasteiger partial charge is 0.141 e. The molecule has 1 atom stereocenters. The molecule has 0 heterocycles. The van der Waals surface area contributed by atoms with Crippen molar-refractivity contribution in [3.8, 4) is 6.07 Å². The zero-order valence-electron chi connectivity index (χ0n) is 9.36. The van der Waals surface area contributed by atoms with Gasteiger partial charge in [-0.2, -0.15) is 5.26 Å². The first-order valence-electron chi connectivity index (χ1n) is 6.31. The van der Waals surface area contributed by atoms with Gasteiger partial charge in [0.15, 0.2) is 0 Å². The molecule has 15 heavy (non-hydrogen) atoms. The molecule has 4 aliphatic carbocycles. The molecule has 0 radical (unpaired) electrons. The lowest BCUT2D eigenvalue weighted by atomic mass is 9.55. The zero-order valence-corrected chi connectivity index (χ0v) is 9.36. The summed E-state index contributed by atoms with van der Waals surface area (Å²) in [6.45, 7) is 1.88. The van der Waals surface area contributed by atoms with Crippen molar-refractivity contribution in [3.05, 3.63) is 0 Å². The first-order valence-corrected chi connectivity index (χ1v) is 6.31. The Hall–Kier alpha value is -0.550. The second kappa shape index (κ2) is 3.49. The van der Waals surface area contributed by atoms with Gasteiger partial charge < -0.3 is 4.74 Å². The Labute approximate surface area is 91.6 Å². The summed E-state index contributed by atoms with van der Waals surface area (Å²) in [5.41, 5.74) is 0. The summed E-state index contributed by atoms with van der Waals surface area (Å²) in [7, 11) is 0. The molecule has 0 aromatic carbocycles. The molecule has 0 saturated heterocycles. The fraction of sp³-hybridized carbons (Fsp3) is 0.923. The maximum atomic E-state index is 8.81. The molecule has 4 aliphatic rings. The monoisotopic (exact) mass is 205 g/mol. The summed E-state index contributed by atoms with van der Waals surface area (Å²) < 4.78 is 5.92. The van der Waals surface area contributed by atoms with Gasteiger partial charge in [-0.25, -0.2) is 0 Å². The molecule has 1 unspecified atom stereocenters. The molecular formula is C13H19NO. The van der Waals surface area contributed by atoms with Crippen LogP contribution in [-0.4, -0.2) is 12.2 Å². The largest absolute Gasteiger partial charge is 0.360 e. The van der Waals surface area contributed by atoms with E-state index in [2.05, 4.69) is 6.07 Å². The molecule has 2 nitrogen and oxygen atoms in total. The van der Waals surface area contributed by atoms with E-state index in [-0.39, 0.29) is 6.10 Å². The predicted octanol–water partition coefficient (Wildman–Crippen LogP) is 2.74. The number of ether oxygens (including phenoxy) is 1. The van der Waals surface area contributed by atoms with Crippen molar-refractivity contribution in [2.45, 2.75) is 51.2 Å². The van der Waals surface area contributed by atoms with Crippen molar-refractivity contribution in [2.24, 2.45) is 23.7 Å². The second-order valence-electron chi connectivity index (χ2n) is 5.80. The third-order valence-electron chi connectivity index (χ3n) is 4.68. The topological polar surface area (TPSA) is 33.0 Å². The minimum absolute atomic E-state index is 0.215. The van der Waals surface area contributed by atoms with Crippen LogP contribution in [0, 0.1) is 35.0 Å². The lowest BCUT2D eigenvalue weighted by molar-refractivity contribution is -0.136. The van der Waals surface area contributed by atoms with Crippen LogP contribution < -0.4 is 0 Å². The molecule has 82 valence electrons. The molecule has 4 bridgehead atoms. The van der Waals surface area contributed by atoms with E-state index >= 15 is 0 Å². The molecule has 2 heteroatoms. The minimum Gasteiger partial charge on any atom is -0.360 e. The molecule has 0 N–H and O–H groups in total. The summed E-state index contributed by atoms with van der Waals surface area (Å²) >= 11 is 0. The fourth-order valence-corrected chi connectivity index (χ4v) is 4.36. The van der Waals surface area contributed by atoms with Crippen LogP contribution in [0.2, 0.25) is 0 Å². The van der Waals surface area contributed by atoms with Crippen LogP contribution in [0.25, 0.3) is 0 Å². The van der Waals surface area contributed by atoms with Gasteiger partial charge in [0.2, 0.25) is 0 Å². The zero-order chi connectivity index (χ0) is 10.4. The highest BCUT2D eigenvalue weighted by Crippen LogP contribution is 2.54. The van der Waals surface area contributed by atoms with Crippen LogP contribution in [-0.2, 0) is 4.74 Å². The van der Waals surface area contributed by atoms with E-state index in [4.69, 9.17) is 10.00 Å². The standard InChI is InChI=1S/C13H19NO/c1-8(7-14)15-13-11-3-9-2-10(5-11)6-12(13)4-9/h8-13H,2-6H2,1H3. The molecule has 4 saturated carbocycles. The molecule has 0 aromatic rings. The van der Waals surface area contributed by atoms with E-state index in [1.807, 2.05) is 6.92 Å². The Balaban J connectivity index is 1.72. The Morgan fingerprint density at radius 3 is 2.07 bits per heavy atom. The SMILES string of the molecule is CC(C#N)OC1C2CC3CC(C2)CC1C3. The van der Waals surface area contributed by atoms with Crippen LogP contribution in [0.1, 0.15) is 39.0 Å². The van der Waals surface area contributed by atoms with Gasteiger partial charge in [-0.15, -0.1) is 0 Å². The molecular weight excluding hydrogens is 186 g/mol. The van der Waals surface area contributed by atoms with Crippen molar-refractivity contribution in [2.75, 3.05) is 0 Å². The Kier molecular flexibility index (Phi) is 2.25. The van der Waals surface area contributed by atoms with Gasteiger partial charge in [-0.3, -0.25) is 0 Å². The van der Waals surface area contributed by atoms with Crippen LogP contribution in [0.4, 0.5) is 0 Å². The fourth-order valence-electron chi connectivity index (χ4n) is 4.36. The predicted molar refractivity (Wildman–Crippen MR) is 57.0 cm³/mol. The van der Waals surface area contributed by atoms with E-state index in [0.29, 0.717) is 6.10 Å². The number of hydrogen-bond acceptors (Lipinski definition) is 2. The van der Waals surface area contributed by atoms with Crippen LogP contribution >= 0.6 is 0 Å². The first-order chi connectivity index (χ1) is 7.26. The van der Waals surface area contributed by atoms with Gasteiger partial charge in [0.1, 0.15) is 6.10 Å². The molecule has 4 fully saturated rings. The highest BCUT2D eigenvalue weighted by atomic mass is 16.5. The van der Waals surface area contributed by atoms with Gasteiger partial charge in [0.25, 0.3) is 0 Å². The van der Waals surface area contributed by atoms with E-state index in [0.717, 1.165) is 23.7 Å². The second-order valence-corrected chi connectivity index (χ2v) is 5.80. The molecule has 0 aromatic heterocycles. The summed E-state index contributed by atoms with van der Waals surface area (Å²) in [6, 6.07) is 2.20. The number of rotatable bonds is 2. The van der Waals surface area contributed by atoms with Crippen molar-refractivity contribution in [1.82, 2.24) is 0 Å². The minimum atomic E-state index is -0.215. The number of nitrogens with zero attached hydrogens (tertiary/aromatic N) is 1. The number of hydrogen-bond donors (Lipinski definition) is 0. The quantitative estimate of drug-likeness (QED) is 0.694. The highest BCUT2D eigenvalue weighted by Gasteiger charge is 2.49. The number of nitriles is 1. The molecule has 0 aliphatic heterocycles. The maximum absolute atomic E-state index is 8.81. The summed E-state index contributed by atoms with van der Waals surface area (Å²) in [4.78, 5) is 0.